The first-order valence-electron chi connectivity index (χ1n) is 7.94. The molecule has 0 saturated carbocycles. The molecule has 3 aromatic rings. The average Bonchev–Trinajstić information content (AvgIpc) is 2.68. The number of carboxylic acids is 2. The first-order valence-corrected chi connectivity index (χ1v) is 7.94. The van der Waals surface area contributed by atoms with Gasteiger partial charge in [0.25, 0.3) is 0 Å². The maximum atomic E-state index is 12.5. The summed E-state index contributed by atoms with van der Waals surface area (Å²) in [6, 6.07) is 19.6. The molecule has 0 spiro atoms. The van der Waals surface area contributed by atoms with Gasteiger partial charge in [0.15, 0.2) is 0 Å². The maximum absolute atomic E-state index is 12.5. The molecule has 0 aromatic heterocycles. The maximum Gasteiger partial charge on any atom is 0.343 e. The molecular weight excluding hydrogens is 348 g/mol. The van der Waals surface area contributed by atoms with Gasteiger partial charge in [-0.3, -0.25) is 0 Å². The van der Waals surface area contributed by atoms with E-state index in [1.807, 2.05) is 36.4 Å². The summed E-state index contributed by atoms with van der Waals surface area (Å²) in [6.07, 6.45) is 0. The Balaban J connectivity index is 1.94. The average molecular weight is 362 g/mol. The number of hydrogen-bond donors (Lipinski definition) is 2. The van der Waals surface area contributed by atoms with Crippen LogP contribution in [0.15, 0.2) is 72.8 Å². The highest BCUT2D eigenvalue weighted by atomic mass is 16.5. The van der Waals surface area contributed by atoms with Crippen LogP contribution in [0.1, 0.15) is 31.1 Å². The predicted molar refractivity (Wildman–Crippen MR) is 97.2 cm³/mol. The second-order valence-electron chi connectivity index (χ2n) is 5.62. The van der Waals surface area contributed by atoms with Gasteiger partial charge in [-0.15, -0.1) is 0 Å². The van der Waals surface area contributed by atoms with E-state index in [1.54, 1.807) is 18.2 Å². The zero-order chi connectivity index (χ0) is 19.4. The van der Waals surface area contributed by atoms with Gasteiger partial charge in [0.05, 0.1) is 16.7 Å². The van der Waals surface area contributed by atoms with Gasteiger partial charge in [-0.05, 0) is 29.8 Å². The number of ether oxygens (including phenoxy) is 1. The summed E-state index contributed by atoms with van der Waals surface area (Å²) in [7, 11) is 0. The molecule has 6 nitrogen and oxygen atoms in total. The van der Waals surface area contributed by atoms with Crippen LogP contribution in [0.5, 0.6) is 5.75 Å². The number of esters is 1. The summed E-state index contributed by atoms with van der Waals surface area (Å²) in [5, 5.41) is 18.3. The molecule has 0 radical (unpaired) electrons. The highest BCUT2D eigenvalue weighted by Gasteiger charge is 2.20. The van der Waals surface area contributed by atoms with Gasteiger partial charge in [0.1, 0.15) is 5.75 Å². The van der Waals surface area contributed by atoms with Crippen molar-refractivity contribution in [1.29, 1.82) is 0 Å². The molecule has 0 unspecified atom stereocenters. The number of carbonyl (C=O) groups excluding carboxylic acids is 1. The van der Waals surface area contributed by atoms with E-state index in [9.17, 15) is 19.5 Å². The minimum atomic E-state index is -1.44. The summed E-state index contributed by atoms with van der Waals surface area (Å²) in [4.78, 5) is 34.9. The van der Waals surface area contributed by atoms with E-state index >= 15 is 0 Å². The van der Waals surface area contributed by atoms with Crippen molar-refractivity contribution < 1.29 is 29.3 Å². The molecule has 3 aromatic carbocycles. The van der Waals surface area contributed by atoms with Crippen molar-refractivity contribution in [3.8, 4) is 16.9 Å². The summed E-state index contributed by atoms with van der Waals surface area (Å²) in [6.45, 7) is 0. The molecule has 0 bridgehead atoms. The van der Waals surface area contributed by atoms with Crippen LogP contribution in [0.2, 0.25) is 0 Å². The Morgan fingerprint density at radius 2 is 1.33 bits per heavy atom. The van der Waals surface area contributed by atoms with Crippen molar-refractivity contribution >= 4 is 17.9 Å². The van der Waals surface area contributed by atoms with Crippen molar-refractivity contribution in [2.24, 2.45) is 0 Å². The van der Waals surface area contributed by atoms with Crippen LogP contribution in [-0.2, 0) is 0 Å². The van der Waals surface area contributed by atoms with E-state index in [0.717, 1.165) is 17.7 Å². The molecule has 0 fully saturated rings. The molecule has 0 atom stereocenters. The lowest BCUT2D eigenvalue weighted by atomic mass is 10.0. The Kier molecular flexibility index (Phi) is 4.99. The van der Waals surface area contributed by atoms with Gasteiger partial charge in [-0.2, -0.15) is 0 Å². The lowest BCUT2D eigenvalue weighted by Gasteiger charge is -2.11. The van der Waals surface area contributed by atoms with Crippen molar-refractivity contribution in [2.75, 3.05) is 0 Å². The SMILES string of the molecule is O=C(Oc1ccccc1-c1ccccc1)c1ccc(C(=O)O)c(C(=O)O)c1. The largest absolute Gasteiger partial charge is 0.478 e. The van der Waals surface area contributed by atoms with Gasteiger partial charge in [-0.1, -0.05) is 48.5 Å². The fraction of sp³-hybridized carbons (Fsp3) is 0. The standard InChI is InChI=1S/C21H14O6/c22-19(23)16-11-10-14(12-17(16)20(24)25)21(26)27-18-9-5-4-8-15(18)13-6-2-1-3-7-13/h1-12H,(H,22,23)(H,24,25). The van der Waals surface area contributed by atoms with Crippen LogP contribution in [0.3, 0.4) is 0 Å². The van der Waals surface area contributed by atoms with Crippen molar-refractivity contribution in [2.45, 2.75) is 0 Å². The molecule has 3 rings (SSSR count). The molecule has 134 valence electrons. The molecule has 0 aliphatic carbocycles. The monoisotopic (exact) mass is 362 g/mol. The third kappa shape index (κ3) is 3.85. The molecular formula is C21H14O6. The summed E-state index contributed by atoms with van der Waals surface area (Å²) < 4.78 is 5.44. The van der Waals surface area contributed by atoms with Gasteiger partial charge < -0.3 is 14.9 Å². The molecule has 0 aliphatic heterocycles. The van der Waals surface area contributed by atoms with Crippen LogP contribution in [0.4, 0.5) is 0 Å². The number of aromatic carboxylic acids is 2. The Morgan fingerprint density at radius 3 is 2.00 bits per heavy atom. The number of benzene rings is 3. The Bertz CT molecular complexity index is 1020. The molecule has 27 heavy (non-hydrogen) atoms. The van der Waals surface area contributed by atoms with Gasteiger partial charge >= 0.3 is 17.9 Å². The van der Waals surface area contributed by atoms with E-state index < -0.39 is 29.0 Å². The molecule has 6 heteroatoms. The fourth-order valence-electron chi connectivity index (χ4n) is 2.61. The molecule has 0 aliphatic rings. The predicted octanol–water partition coefficient (Wildman–Crippen LogP) is 3.97. The third-order valence-corrected chi connectivity index (χ3v) is 3.89. The zero-order valence-electron chi connectivity index (χ0n) is 14.0. The van der Waals surface area contributed by atoms with Crippen LogP contribution in [0, 0.1) is 0 Å². The molecule has 2 N–H and O–H groups in total. The van der Waals surface area contributed by atoms with Gasteiger partial charge in [-0.25, -0.2) is 14.4 Å². The summed E-state index contributed by atoms with van der Waals surface area (Å²) in [5.41, 5.74) is 0.623. The second-order valence-corrected chi connectivity index (χ2v) is 5.62. The van der Waals surface area contributed by atoms with E-state index in [0.29, 0.717) is 11.3 Å². The van der Waals surface area contributed by atoms with E-state index in [-0.39, 0.29) is 5.56 Å². The Hall–Kier alpha value is -3.93. The van der Waals surface area contributed by atoms with Crippen LogP contribution >= 0.6 is 0 Å². The summed E-state index contributed by atoms with van der Waals surface area (Å²) in [5.74, 6) is -3.29. The number of para-hydroxylation sites is 1. The smallest absolute Gasteiger partial charge is 0.343 e. The first-order chi connectivity index (χ1) is 13.0. The van der Waals surface area contributed by atoms with Crippen molar-refractivity contribution in [3.05, 3.63) is 89.5 Å². The Morgan fingerprint density at radius 1 is 0.704 bits per heavy atom. The zero-order valence-corrected chi connectivity index (χ0v) is 14.0. The minimum absolute atomic E-state index is 0.0553. The van der Waals surface area contributed by atoms with Crippen LogP contribution in [-0.4, -0.2) is 28.1 Å². The highest BCUT2D eigenvalue weighted by Crippen LogP contribution is 2.30. The number of hydrogen-bond acceptors (Lipinski definition) is 4. The quantitative estimate of drug-likeness (QED) is 0.526. The second kappa shape index (κ2) is 7.53. The van der Waals surface area contributed by atoms with Crippen LogP contribution in [0.25, 0.3) is 11.1 Å². The topological polar surface area (TPSA) is 101 Å². The highest BCUT2D eigenvalue weighted by molar-refractivity contribution is 6.04. The lowest BCUT2D eigenvalue weighted by molar-refractivity contribution is 0.0650. The van der Waals surface area contributed by atoms with Crippen molar-refractivity contribution in [3.63, 3.8) is 0 Å². The van der Waals surface area contributed by atoms with Gasteiger partial charge in [0, 0.05) is 5.56 Å². The molecule has 0 saturated heterocycles. The molecule has 0 heterocycles. The minimum Gasteiger partial charge on any atom is -0.478 e. The number of carboxylic acid groups (broad SMARTS) is 2. The van der Waals surface area contributed by atoms with E-state index in [1.165, 1.54) is 6.07 Å². The first kappa shape index (κ1) is 17.9. The van der Waals surface area contributed by atoms with Gasteiger partial charge in [0.2, 0.25) is 0 Å². The summed E-state index contributed by atoms with van der Waals surface area (Å²) >= 11 is 0. The van der Waals surface area contributed by atoms with E-state index in [4.69, 9.17) is 9.84 Å². The Labute approximate surface area is 154 Å². The van der Waals surface area contributed by atoms with Crippen molar-refractivity contribution in [1.82, 2.24) is 0 Å². The van der Waals surface area contributed by atoms with E-state index in [2.05, 4.69) is 0 Å². The number of carbonyl (C=O) groups is 3. The lowest BCUT2D eigenvalue weighted by Crippen LogP contribution is -2.13. The number of rotatable bonds is 5. The third-order valence-electron chi connectivity index (χ3n) is 3.89. The van der Waals surface area contributed by atoms with Crippen LogP contribution < -0.4 is 4.74 Å². The normalized spacial score (nSPS) is 10.2. The molecule has 0 amide bonds. The fourth-order valence-corrected chi connectivity index (χ4v) is 2.61.